The van der Waals surface area contributed by atoms with Crippen molar-refractivity contribution >= 4 is 29.1 Å². The summed E-state index contributed by atoms with van der Waals surface area (Å²) in [4.78, 5) is 49.8. The number of benzene rings is 2. The molecule has 200 valence electrons. The molecule has 0 spiro atoms. The van der Waals surface area contributed by atoms with Crippen molar-refractivity contribution in [1.82, 2.24) is 19.5 Å². The van der Waals surface area contributed by atoms with Crippen molar-refractivity contribution < 1.29 is 33.3 Å². The number of fused-ring (bicyclic) bond motifs is 1. The maximum atomic E-state index is 12.1. The van der Waals surface area contributed by atoms with Crippen LogP contribution in [0.4, 0.5) is 0 Å². The smallest absolute Gasteiger partial charge is 0.303 e. The quantitative estimate of drug-likeness (QED) is 0.258. The van der Waals surface area contributed by atoms with Crippen molar-refractivity contribution in [3.05, 3.63) is 67.0 Å². The van der Waals surface area contributed by atoms with Crippen LogP contribution in [0.2, 0.25) is 0 Å². The molecular weight excluding hydrogens is 504 g/mol. The topological polar surface area (TPSA) is 132 Å². The number of nitrogens with zero attached hydrogens (tertiary/aromatic N) is 4. The molecule has 1 saturated heterocycles. The highest BCUT2D eigenvalue weighted by Crippen LogP contribution is 2.37. The van der Waals surface area contributed by atoms with Gasteiger partial charge < -0.3 is 18.9 Å². The van der Waals surface area contributed by atoms with E-state index in [-0.39, 0.29) is 6.61 Å². The Labute approximate surface area is 223 Å². The van der Waals surface area contributed by atoms with E-state index in [9.17, 15) is 14.4 Å². The molecular formula is C28H26N4O7. The summed E-state index contributed by atoms with van der Waals surface area (Å²) >= 11 is 0. The molecule has 1 aliphatic heterocycles. The number of hydrogen-bond acceptors (Lipinski definition) is 10. The molecule has 2 aromatic heterocycles. The normalized spacial score (nSPS) is 20.5. The predicted molar refractivity (Wildman–Crippen MR) is 138 cm³/mol. The average Bonchev–Trinajstić information content (AvgIpc) is 3.48. The molecule has 0 unspecified atom stereocenters. The molecule has 4 atom stereocenters. The first-order valence-electron chi connectivity index (χ1n) is 12.3. The lowest BCUT2D eigenvalue weighted by Gasteiger charge is -2.23. The van der Waals surface area contributed by atoms with E-state index >= 15 is 0 Å². The molecule has 0 bridgehead atoms. The zero-order chi connectivity index (χ0) is 27.5. The first-order chi connectivity index (χ1) is 18.8. The molecule has 0 amide bonds. The lowest BCUT2D eigenvalue weighted by atomic mass is 10.1. The molecule has 3 heterocycles. The van der Waals surface area contributed by atoms with Gasteiger partial charge in [-0.05, 0) is 0 Å². The summed E-state index contributed by atoms with van der Waals surface area (Å²) in [6.07, 6.45) is -2.50. The monoisotopic (exact) mass is 530 g/mol. The van der Waals surface area contributed by atoms with Crippen molar-refractivity contribution in [2.24, 2.45) is 0 Å². The molecule has 0 radical (unpaired) electrons. The largest absolute Gasteiger partial charge is 0.463 e. The van der Waals surface area contributed by atoms with Crippen molar-refractivity contribution in [1.29, 1.82) is 0 Å². The first-order valence-corrected chi connectivity index (χ1v) is 12.3. The van der Waals surface area contributed by atoms with Crippen molar-refractivity contribution in [3.63, 3.8) is 0 Å². The summed E-state index contributed by atoms with van der Waals surface area (Å²) in [5.41, 5.74) is 3.15. The summed E-state index contributed by atoms with van der Waals surface area (Å²) < 4.78 is 24.1. The lowest BCUT2D eigenvalue weighted by Crippen LogP contribution is -2.40. The van der Waals surface area contributed by atoms with Gasteiger partial charge in [-0.1, -0.05) is 60.7 Å². The maximum Gasteiger partial charge on any atom is 0.303 e. The Morgan fingerprint density at radius 3 is 2.05 bits per heavy atom. The van der Waals surface area contributed by atoms with E-state index in [2.05, 4.69) is 4.98 Å². The molecule has 0 N–H and O–H groups in total. The van der Waals surface area contributed by atoms with Crippen molar-refractivity contribution in [2.45, 2.75) is 45.3 Å². The summed E-state index contributed by atoms with van der Waals surface area (Å²) in [7, 11) is 0. The van der Waals surface area contributed by atoms with E-state index < -0.39 is 42.4 Å². The molecule has 5 rings (SSSR count). The van der Waals surface area contributed by atoms with Gasteiger partial charge in [-0.25, -0.2) is 15.0 Å². The minimum Gasteiger partial charge on any atom is -0.463 e. The van der Waals surface area contributed by atoms with Crippen LogP contribution in [0.5, 0.6) is 0 Å². The SMILES string of the molecule is CC(=O)OC[C@H]1O[C@@H](n2cnc3c(-c4ccccc4)nc(-c4ccccc4)nc32)[C@H](OC(C)=O)[C@@H]1OC(C)=O. The van der Waals surface area contributed by atoms with Gasteiger partial charge in [0.2, 0.25) is 0 Å². The summed E-state index contributed by atoms with van der Waals surface area (Å²) in [6, 6.07) is 19.1. The van der Waals surface area contributed by atoms with Crippen LogP contribution < -0.4 is 0 Å². The van der Waals surface area contributed by atoms with Gasteiger partial charge in [0.1, 0.15) is 23.9 Å². The number of hydrogen-bond donors (Lipinski definition) is 0. The Balaban J connectivity index is 1.66. The fraction of sp³-hybridized carbons (Fsp3) is 0.286. The van der Waals surface area contributed by atoms with E-state index in [0.29, 0.717) is 22.7 Å². The molecule has 4 aromatic rings. The van der Waals surface area contributed by atoms with Crippen LogP contribution in [-0.4, -0.2) is 62.3 Å². The zero-order valence-corrected chi connectivity index (χ0v) is 21.5. The predicted octanol–water partition coefficient (Wildman–Crippen LogP) is 3.48. The Kier molecular flexibility index (Phi) is 7.33. The number of aromatic nitrogens is 4. The lowest BCUT2D eigenvalue weighted by molar-refractivity contribution is -0.166. The van der Waals surface area contributed by atoms with Gasteiger partial charge in [0.05, 0.1) is 6.33 Å². The number of imidazole rings is 1. The van der Waals surface area contributed by atoms with Crippen molar-refractivity contribution in [3.8, 4) is 22.6 Å². The van der Waals surface area contributed by atoms with Crippen LogP contribution in [0.1, 0.15) is 27.0 Å². The second-order valence-corrected chi connectivity index (χ2v) is 8.97. The van der Waals surface area contributed by atoms with E-state index in [1.54, 1.807) is 4.57 Å². The second-order valence-electron chi connectivity index (χ2n) is 8.97. The van der Waals surface area contributed by atoms with Crippen LogP contribution >= 0.6 is 0 Å². The van der Waals surface area contributed by atoms with Gasteiger partial charge >= 0.3 is 17.9 Å². The number of carbonyl (C=O) groups excluding carboxylic acids is 3. The minimum absolute atomic E-state index is 0.215. The molecule has 1 fully saturated rings. The van der Waals surface area contributed by atoms with Gasteiger partial charge in [-0.3, -0.25) is 19.0 Å². The van der Waals surface area contributed by atoms with E-state index in [1.807, 2.05) is 60.7 Å². The van der Waals surface area contributed by atoms with Gasteiger partial charge in [0.15, 0.2) is 29.9 Å². The third kappa shape index (κ3) is 5.48. The highest BCUT2D eigenvalue weighted by atomic mass is 16.7. The summed E-state index contributed by atoms with van der Waals surface area (Å²) in [5.74, 6) is -1.29. The third-order valence-corrected chi connectivity index (χ3v) is 6.12. The van der Waals surface area contributed by atoms with Crippen LogP contribution in [0.15, 0.2) is 67.0 Å². The van der Waals surface area contributed by atoms with Crippen LogP contribution in [0, 0.1) is 0 Å². The number of carbonyl (C=O) groups is 3. The Hall–Kier alpha value is -4.64. The number of rotatable bonds is 7. The molecule has 0 saturated carbocycles. The first kappa shape index (κ1) is 26.0. The van der Waals surface area contributed by atoms with Crippen LogP contribution in [-0.2, 0) is 33.3 Å². The fourth-order valence-corrected chi connectivity index (χ4v) is 4.53. The number of esters is 3. The van der Waals surface area contributed by atoms with Gasteiger partial charge in [0.25, 0.3) is 0 Å². The minimum atomic E-state index is -1.07. The standard InChI is InChI=1S/C28H26N4O7/c1-16(33)36-14-21-24(37-17(2)34)25(38-18(3)35)28(39-21)32-15-29-23-22(19-10-6-4-7-11-19)30-26(31-27(23)32)20-12-8-5-9-13-20/h4-13,15,21,24-25,28H,14H2,1-3H3/t21-,24-,25-,28-/m1/s1. The third-order valence-electron chi connectivity index (χ3n) is 6.12. The average molecular weight is 531 g/mol. The number of ether oxygens (including phenoxy) is 4. The maximum absolute atomic E-state index is 12.1. The van der Waals surface area contributed by atoms with Crippen molar-refractivity contribution in [2.75, 3.05) is 6.61 Å². The van der Waals surface area contributed by atoms with E-state index in [1.165, 1.54) is 27.1 Å². The molecule has 11 nitrogen and oxygen atoms in total. The fourth-order valence-electron chi connectivity index (χ4n) is 4.53. The second kappa shape index (κ2) is 11.0. The van der Waals surface area contributed by atoms with Gasteiger partial charge in [-0.15, -0.1) is 0 Å². The summed E-state index contributed by atoms with van der Waals surface area (Å²) in [5, 5.41) is 0. The summed E-state index contributed by atoms with van der Waals surface area (Å²) in [6.45, 7) is 3.52. The Morgan fingerprint density at radius 1 is 0.821 bits per heavy atom. The molecule has 1 aliphatic rings. The van der Waals surface area contributed by atoms with Crippen LogP contribution in [0.25, 0.3) is 33.8 Å². The zero-order valence-electron chi connectivity index (χ0n) is 21.5. The molecule has 11 heteroatoms. The highest BCUT2D eigenvalue weighted by molar-refractivity contribution is 5.89. The van der Waals surface area contributed by atoms with Crippen LogP contribution in [0.3, 0.4) is 0 Å². The van der Waals surface area contributed by atoms with E-state index in [4.69, 9.17) is 28.9 Å². The molecule has 2 aromatic carbocycles. The van der Waals surface area contributed by atoms with E-state index in [0.717, 1.165) is 11.1 Å². The Morgan fingerprint density at radius 2 is 1.44 bits per heavy atom. The highest BCUT2D eigenvalue weighted by Gasteiger charge is 2.51. The molecule has 0 aliphatic carbocycles. The van der Waals surface area contributed by atoms with Gasteiger partial charge in [-0.2, -0.15) is 0 Å². The van der Waals surface area contributed by atoms with Gasteiger partial charge in [0, 0.05) is 31.9 Å². The molecule has 39 heavy (non-hydrogen) atoms. The Bertz CT molecular complexity index is 1510.